The van der Waals surface area contributed by atoms with E-state index in [9.17, 15) is 4.79 Å². The van der Waals surface area contributed by atoms with Gasteiger partial charge >= 0.3 is 0 Å². The molecule has 0 fully saturated rings. The molecule has 0 amide bonds. The number of aromatic nitrogens is 4. The molecule has 5 nitrogen and oxygen atoms in total. The van der Waals surface area contributed by atoms with Gasteiger partial charge in [0.2, 0.25) is 5.91 Å². The third kappa shape index (κ3) is 6.87. The highest BCUT2D eigenvalue weighted by Gasteiger charge is 2.02. The second-order valence-corrected chi connectivity index (χ2v) is 4.05. The minimum atomic E-state index is -0.0365. The molecule has 0 atom stereocenters. The standard InChI is InChI=1S/C7H10N2O.C5H8N2.C2H6.CH4.H2/c1-5-4-6(2)9(8-5)7(3)10;1-4-3-5(2)7-6-4;1-2;;/h4H,1-3H3;3H,1-2H3,(H,6,7);1-2H3;1H4;1H/i;;;;1+1. The Labute approximate surface area is 123 Å². The summed E-state index contributed by atoms with van der Waals surface area (Å²) >= 11 is 0. The SMILES string of the molecule is C.CC.CC(=O)n1nc(C)cc1C.Cc1cc(C)[nH]n1.[2HH]. The lowest BCUT2D eigenvalue weighted by Gasteiger charge is -1.94. The van der Waals surface area contributed by atoms with Crippen molar-refractivity contribution in [3.63, 3.8) is 0 Å². The van der Waals surface area contributed by atoms with Gasteiger partial charge in [-0.25, -0.2) is 4.68 Å². The van der Waals surface area contributed by atoms with E-state index in [1.165, 1.54) is 11.6 Å². The highest BCUT2D eigenvalue weighted by molar-refractivity contribution is 5.75. The molecule has 116 valence electrons. The van der Waals surface area contributed by atoms with Gasteiger partial charge in [-0.15, -0.1) is 0 Å². The highest BCUT2D eigenvalue weighted by Crippen LogP contribution is 2.00. The topological polar surface area (TPSA) is 63.6 Å². The fourth-order valence-corrected chi connectivity index (χ4v) is 1.50. The summed E-state index contributed by atoms with van der Waals surface area (Å²) in [5.74, 6) is -0.0365. The lowest BCUT2D eigenvalue weighted by atomic mass is 10.4. The summed E-state index contributed by atoms with van der Waals surface area (Å²) in [4.78, 5) is 10.8. The van der Waals surface area contributed by atoms with Crippen LogP contribution in [0.2, 0.25) is 0 Å². The molecule has 2 heterocycles. The van der Waals surface area contributed by atoms with Gasteiger partial charge < -0.3 is 0 Å². The van der Waals surface area contributed by atoms with E-state index in [1.54, 1.807) is 0 Å². The first-order valence-corrected chi connectivity index (χ1v) is 6.43. The Kier molecular flexibility index (Phi) is 10.2. The molecule has 0 saturated carbocycles. The summed E-state index contributed by atoms with van der Waals surface area (Å²) in [6.07, 6.45) is 0. The van der Waals surface area contributed by atoms with E-state index < -0.39 is 0 Å². The highest BCUT2D eigenvalue weighted by atomic mass is 16.2. The van der Waals surface area contributed by atoms with Gasteiger partial charge in [-0.05, 0) is 39.8 Å². The predicted octanol–water partition coefficient (Wildman–Crippen LogP) is 4.09. The third-order valence-electron chi connectivity index (χ3n) is 2.14. The Morgan fingerprint density at radius 1 is 1.15 bits per heavy atom. The number of carbonyl (C=O) groups excluding carboxylic acids is 1. The molecule has 2 aromatic rings. The molecular weight excluding hydrogens is 252 g/mol. The fourth-order valence-electron chi connectivity index (χ4n) is 1.50. The van der Waals surface area contributed by atoms with Gasteiger partial charge in [0.05, 0.1) is 11.4 Å². The normalized spacial score (nSPS) is 8.55. The lowest BCUT2D eigenvalue weighted by molar-refractivity contribution is 0.0918. The molecule has 0 spiro atoms. The quantitative estimate of drug-likeness (QED) is 0.792. The van der Waals surface area contributed by atoms with Gasteiger partial charge in [0.1, 0.15) is 0 Å². The van der Waals surface area contributed by atoms with Crippen molar-refractivity contribution in [3.8, 4) is 0 Å². The monoisotopic (exact) mass is 283 g/mol. The molecule has 0 radical (unpaired) electrons. The Balaban J connectivity index is -0.000000263. The van der Waals surface area contributed by atoms with Gasteiger partial charge in [0, 0.05) is 19.7 Å². The summed E-state index contributed by atoms with van der Waals surface area (Å²) < 4.78 is 1.40. The Hall–Kier alpha value is -1.91. The molecule has 5 heteroatoms. The average Bonchev–Trinajstić information content (AvgIpc) is 2.88. The molecule has 0 bridgehead atoms. The molecule has 0 aromatic carbocycles. The van der Waals surface area contributed by atoms with Gasteiger partial charge in [-0.1, -0.05) is 21.3 Å². The number of aryl methyl sites for hydroxylation is 4. The van der Waals surface area contributed by atoms with Crippen LogP contribution in [0.3, 0.4) is 0 Å². The number of hydrogen-bond acceptors (Lipinski definition) is 3. The lowest BCUT2D eigenvalue weighted by Crippen LogP contribution is -2.08. The number of nitrogens with zero attached hydrogens (tertiary/aromatic N) is 3. The first-order valence-electron chi connectivity index (χ1n) is 6.43. The van der Waals surface area contributed by atoms with Crippen LogP contribution in [0.5, 0.6) is 0 Å². The largest absolute Gasteiger partial charge is 0.283 e. The summed E-state index contributed by atoms with van der Waals surface area (Å²) in [6, 6.07) is 3.88. The summed E-state index contributed by atoms with van der Waals surface area (Å²) in [5, 5.41) is 10.7. The van der Waals surface area contributed by atoms with Crippen LogP contribution in [-0.2, 0) is 0 Å². The number of aromatic amines is 1. The fraction of sp³-hybridized carbons (Fsp3) is 0.533. The van der Waals surface area contributed by atoms with E-state index in [0.29, 0.717) is 0 Å². The van der Waals surface area contributed by atoms with E-state index in [-0.39, 0.29) is 14.8 Å². The van der Waals surface area contributed by atoms with E-state index >= 15 is 0 Å². The smallest absolute Gasteiger partial charge is 0.243 e. The van der Waals surface area contributed by atoms with Crippen LogP contribution in [0.1, 0.15) is 57.2 Å². The summed E-state index contributed by atoms with van der Waals surface area (Å²) in [7, 11) is 0. The third-order valence-corrected chi connectivity index (χ3v) is 2.14. The molecule has 0 aliphatic rings. The predicted molar refractivity (Wildman–Crippen MR) is 86.3 cm³/mol. The number of carbonyl (C=O) groups is 1. The molecule has 2 aromatic heterocycles. The van der Waals surface area contributed by atoms with Crippen LogP contribution < -0.4 is 0 Å². The van der Waals surface area contributed by atoms with Crippen LogP contribution in [-0.4, -0.2) is 25.9 Å². The van der Waals surface area contributed by atoms with Crippen molar-refractivity contribution < 1.29 is 6.22 Å². The summed E-state index contributed by atoms with van der Waals surface area (Å²) in [6.45, 7) is 13.2. The van der Waals surface area contributed by atoms with Crippen LogP contribution in [0.4, 0.5) is 0 Å². The van der Waals surface area contributed by atoms with E-state index in [2.05, 4.69) is 15.3 Å². The van der Waals surface area contributed by atoms with E-state index in [1.807, 2.05) is 53.7 Å². The molecule has 0 aliphatic heterocycles. The van der Waals surface area contributed by atoms with Crippen LogP contribution in [0.25, 0.3) is 0 Å². The molecule has 0 aliphatic carbocycles. The second-order valence-electron chi connectivity index (χ2n) is 4.05. The Morgan fingerprint density at radius 2 is 1.70 bits per heavy atom. The Morgan fingerprint density at radius 3 is 1.85 bits per heavy atom. The summed E-state index contributed by atoms with van der Waals surface area (Å²) in [5.41, 5.74) is 3.95. The second kappa shape index (κ2) is 9.95. The maximum atomic E-state index is 10.8. The zero-order valence-corrected chi connectivity index (χ0v) is 12.9. The van der Waals surface area contributed by atoms with Crippen molar-refractivity contribution in [3.05, 3.63) is 34.9 Å². The first-order chi connectivity index (χ1) is 8.90. The van der Waals surface area contributed by atoms with Crippen molar-refractivity contribution in [2.24, 2.45) is 0 Å². The van der Waals surface area contributed by atoms with Gasteiger partial charge in [0.25, 0.3) is 0 Å². The number of nitrogens with one attached hydrogen (secondary N) is 1. The molecule has 1 N–H and O–H groups in total. The van der Waals surface area contributed by atoms with Crippen molar-refractivity contribution in [2.75, 3.05) is 0 Å². The molecule has 2 rings (SSSR count). The van der Waals surface area contributed by atoms with Crippen molar-refractivity contribution >= 4 is 5.91 Å². The Bertz CT molecular complexity index is 501. The van der Waals surface area contributed by atoms with Crippen LogP contribution >= 0.6 is 0 Å². The number of rotatable bonds is 0. The first kappa shape index (κ1) is 20.4. The minimum absolute atomic E-state index is 0. The van der Waals surface area contributed by atoms with Crippen molar-refractivity contribution in [1.29, 1.82) is 0 Å². The number of H-pyrrole nitrogens is 1. The van der Waals surface area contributed by atoms with Gasteiger partial charge in [-0.3, -0.25) is 9.89 Å². The molecular formula is C15H30N4O. The van der Waals surface area contributed by atoms with Crippen LogP contribution in [0, 0.1) is 27.7 Å². The molecule has 0 saturated heterocycles. The average molecular weight is 283 g/mol. The number of hydrogen-bond donors (Lipinski definition) is 1. The van der Waals surface area contributed by atoms with Gasteiger partial charge in [-0.2, -0.15) is 10.2 Å². The zero-order chi connectivity index (χ0) is 15.0. The minimum Gasteiger partial charge on any atom is -0.283 e. The maximum absolute atomic E-state index is 10.8. The van der Waals surface area contributed by atoms with E-state index in [0.717, 1.165) is 22.8 Å². The molecule has 0 unspecified atom stereocenters. The van der Waals surface area contributed by atoms with Crippen LogP contribution in [0.15, 0.2) is 12.1 Å². The maximum Gasteiger partial charge on any atom is 0.243 e. The van der Waals surface area contributed by atoms with Crippen molar-refractivity contribution in [2.45, 2.75) is 55.9 Å². The zero-order valence-electron chi connectivity index (χ0n) is 12.9. The van der Waals surface area contributed by atoms with Crippen molar-refractivity contribution in [1.82, 2.24) is 20.0 Å². The molecule has 20 heavy (non-hydrogen) atoms. The van der Waals surface area contributed by atoms with E-state index in [4.69, 9.17) is 0 Å². The van der Waals surface area contributed by atoms with Gasteiger partial charge in [0.15, 0.2) is 0 Å².